The Bertz CT molecular complexity index is 970. The zero-order valence-electron chi connectivity index (χ0n) is 16.2. The molecule has 0 bridgehead atoms. The van der Waals surface area contributed by atoms with E-state index in [-0.39, 0.29) is 5.91 Å². The van der Waals surface area contributed by atoms with Crippen molar-refractivity contribution in [3.05, 3.63) is 66.5 Å². The minimum atomic E-state index is -1.23. The Hall–Kier alpha value is -2.75. The summed E-state index contributed by atoms with van der Waals surface area (Å²) in [5.74, 6) is 0.120. The molecule has 2 heterocycles. The third kappa shape index (κ3) is 3.77. The number of hydrogen-bond donors (Lipinski definition) is 0. The van der Waals surface area contributed by atoms with Crippen LogP contribution in [0.5, 0.6) is 0 Å². The Kier molecular flexibility index (Phi) is 5.12. The Labute approximate surface area is 165 Å². The van der Waals surface area contributed by atoms with Gasteiger partial charge in [0.2, 0.25) is 5.91 Å². The monoisotopic (exact) mass is 376 g/mol. The zero-order valence-corrected chi connectivity index (χ0v) is 16.2. The predicted octanol–water partition coefficient (Wildman–Crippen LogP) is 5.19. The smallest absolute Gasteiger partial charge is 0.222 e. The van der Waals surface area contributed by atoms with Crippen molar-refractivity contribution < 1.29 is 9.18 Å². The van der Waals surface area contributed by atoms with Crippen LogP contribution in [0.2, 0.25) is 0 Å². The molecular weight excluding hydrogens is 351 g/mol. The highest BCUT2D eigenvalue weighted by Gasteiger charge is 2.35. The molecule has 2 aromatic carbocycles. The average molecular weight is 376 g/mol. The van der Waals surface area contributed by atoms with Gasteiger partial charge in [-0.05, 0) is 29.4 Å². The molecule has 4 heteroatoms. The fourth-order valence-corrected chi connectivity index (χ4v) is 4.07. The number of rotatable bonds is 4. The van der Waals surface area contributed by atoms with E-state index in [1.807, 2.05) is 43.6 Å². The molecule has 1 aliphatic rings. The van der Waals surface area contributed by atoms with Crippen LogP contribution in [-0.2, 0) is 11.2 Å². The van der Waals surface area contributed by atoms with E-state index < -0.39 is 5.67 Å². The molecule has 144 valence electrons. The van der Waals surface area contributed by atoms with Crippen LogP contribution in [0, 0.1) is 0 Å². The number of piperidine rings is 1. The maximum absolute atomic E-state index is 15.3. The summed E-state index contributed by atoms with van der Waals surface area (Å²) in [5, 5.41) is 2.28. The second-order valence-electron chi connectivity index (χ2n) is 7.67. The van der Waals surface area contributed by atoms with E-state index in [0.717, 1.165) is 22.1 Å². The van der Waals surface area contributed by atoms with Crippen LogP contribution in [0.3, 0.4) is 0 Å². The molecule has 0 unspecified atom stereocenters. The summed E-state index contributed by atoms with van der Waals surface area (Å²) < 4.78 is 15.3. The summed E-state index contributed by atoms with van der Waals surface area (Å²) in [6.45, 7) is 2.89. The first-order valence-corrected chi connectivity index (χ1v) is 9.97. The van der Waals surface area contributed by atoms with Crippen molar-refractivity contribution in [3.8, 4) is 11.1 Å². The molecule has 1 saturated heterocycles. The first-order chi connectivity index (χ1) is 13.6. The third-order valence-corrected chi connectivity index (χ3v) is 5.77. The van der Waals surface area contributed by atoms with Crippen LogP contribution in [0.15, 0.2) is 60.9 Å². The van der Waals surface area contributed by atoms with E-state index in [4.69, 9.17) is 0 Å². The second kappa shape index (κ2) is 7.70. The zero-order chi connectivity index (χ0) is 19.6. The largest absolute Gasteiger partial charge is 0.342 e. The van der Waals surface area contributed by atoms with Gasteiger partial charge in [0.25, 0.3) is 0 Å². The number of fused-ring (bicyclic) bond motifs is 1. The number of pyridine rings is 1. The number of aromatic nitrogens is 1. The molecule has 0 atom stereocenters. The quantitative estimate of drug-likeness (QED) is 0.628. The molecule has 0 radical (unpaired) electrons. The molecule has 0 aliphatic carbocycles. The minimum absolute atomic E-state index is 0.120. The normalized spacial score (nSPS) is 16.3. The van der Waals surface area contributed by atoms with Gasteiger partial charge in [0, 0.05) is 49.3 Å². The lowest BCUT2D eigenvalue weighted by atomic mass is 9.86. The fourth-order valence-electron chi connectivity index (χ4n) is 4.07. The Morgan fingerprint density at radius 2 is 1.79 bits per heavy atom. The maximum Gasteiger partial charge on any atom is 0.222 e. The molecule has 1 fully saturated rings. The van der Waals surface area contributed by atoms with Crippen LogP contribution in [0.25, 0.3) is 21.9 Å². The SMILES string of the molecule is CCC(=O)N1CCC(F)(Cc2ccc(-c3cncc4ccccc34)cc2)CC1. The van der Waals surface area contributed by atoms with Crippen molar-refractivity contribution in [2.45, 2.75) is 38.3 Å². The van der Waals surface area contributed by atoms with Crippen molar-refractivity contribution >= 4 is 16.7 Å². The minimum Gasteiger partial charge on any atom is -0.342 e. The number of amides is 1. The molecule has 3 aromatic rings. The van der Waals surface area contributed by atoms with Crippen molar-refractivity contribution in [2.75, 3.05) is 13.1 Å². The van der Waals surface area contributed by atoms with Gasteiger partial charge < -0.3 is 4.90 Å². The van der Waals surface area contributed by atoms with E-state index >= 15 is 4.39 Å². The summed E-state index contributed by atoms with van der Waals surface area (Å²) in [6.07, 6.45) is 5.46. The maximum atomic E-state index is 15.3. The lowest BCUT2D eigenvalue weighted by molar-refractivity contribution is -0.133. The van der Waals surface area contributed by atoms with Crippen LogP contribution >= 0.6 is 0 Å². The number of hydrogen-bond acceptors (Lipinski definition) is 2. The van der Waals surface area contributed by atoms with E-state index in [0.29, 0.717) is 38.8 Å². The molecular formula is C24H25FN2O. The number of benzene rings is 2. The van der Waals surface area contributed by atoms with E-state index in [2.05, 4.69) is 29.2 Å². The molecule has 1 amide bonds. The highest BCUT2D eigenvalue weighted by molar-refractivity contribution is 5.95. The Balaban J connectivity index is 1.49. The van der Waals surface area contributed by atoms with Gasteiger partial charge in [-0.15, -0.1) is 0 Å². The highest BCUT2D eigenvalue weighted by atomic mass is 19.1. The van der Waals surface area contributed by atoms with Crippen LogP contribution in [0.4, 0.5) is 4.39 Å². The Morgan fingerprint density at radius 1 is 1.07 bits per heavy atom. The topological polar surface area (TPSA) is 33.2 Å². The van der Waals surface area contributed by atoms with Crippen molar-refractivity contribution in [1.82, 2.24) is 9.88 Å². The lowest BCUT2D eigenvalue weighted by Crippen LogP contribution is -2.45. The average Bonchev–Trinajstić information content (AvgIpc) is 2.74. The summed E-state index contributed by atoms with van der Waals surface area (Å²) in [7, 11) is 0. The molecule has 4 rings (SSSR count). The molecule has 0 spiro atoms. The van der Waals surface area contributed by atoms with Crippen molar-refractivity contribution in [2.24, 2.45) is 0 Å². The molecule has 0 N–H and O–H groups in total. The predicted molar refractivity (Wildman–Crippen MR) is 111 cm³/mol. The fraction of sp³-hybridized carbons (Fsp3) is 0.333. The summed E-state index contributed by atoms with van der Waals surface area (Å²) in [5.41, 5.74) is 1.94. The molecule has 28 heavy (non-hydrogen) atoms. The van der Waals surface area contributed by atoms with Crippen LogP contribution in [-0.4, -0.2) is 34.5 Å². The summed E-state index contributed by atoms with van der Waals surface area (Å²) in [4.78, 5) is 17.9. The standard InChI is InChI=1S/C24H25FN2O/c1-2-23(28)27-13-11-24(25,12-14-27)15-18-7-9-19(10-8-18)22-17-26-16-20-5-3-4-6-21(20)22/h3-10,16-17H,2,11-15H2,1H3. The third-order valence-electron chi connectivity index (χ3n) is 5.77. The van der Waals surface area contributed by atoms with Crippen molar-refractivity contribution in [1.29, 1.82) is 0 Å². The van der Waals surface area contributed by atoms with E-state index in [1.165, 1.54) is 5.39 Å². The number of carbonyl (C=O) groups excluding carboxylic acids is 1. The second-order valence-corrected chi connectivity index (χ2v) is 7.67. The van der Waals surface area contributed by atoms with Gasteiger partial charge in [0.05, 0.1) is 0 Å². The molecule has 1 aliphatic heterocycles. The highest BCUT2D eigenvalue weighted by Crippen LogP contribution is 2.32. The lowest BCUT2D eigenvalue weighted by Gasteiger charge is -2.36. The number of alkyl halides is 1. The number of likely N-dealkylation sites (tertiary alicyclic amines) is 1. The first-order valence-electron chi connectivity index (χ1n) is 9.97. The summed E-state index contributed by atoms with van der Waals surface area (Å²) >= 11 is 0. The number of carbonyl (C=O) groups is 1. The molecule has 1 aromatic heterocycles. The Morgan fingerprint density at radius 3 is 2.50 bits per heavy atom. The van der Waals surface area contributed by atoms with Crippen LogP contribution in [0.1, 0.15) is 31.7 Å². The van der Waals surface area contributed by atoms with Gasteiger partial charge in [-0.1, -0.05) is 55.5 Å². The van der Waals surface area contributed by atoms with E-state index in [1.54, 1.807) is 4.90 Å². The van der Waals surface area contributed by atoms with Gasteiger partial charge in [-0.2, -0.15) is 0 Å². The van der Waals surface area contributed by atoms with E-state index in [9.17, 15) is 4.79 Å². The van der Waals surface area contributed by atoms with Crippen molar-refractivity contribution in [3.63, 3.8) is 0 Å². The number of halogens is 1. The van der Waals surface area contributed by atoms with Gasteiger partial charge in [-0.25, -0.2) is 4.39 Å². The van der Waals surface area contributed by atoms with Gasteiger partial charge in [-0.3, -0.25) is 9.78 Å². The summed E-state index contributed by atoms with van der Waals surface area (Å²) in [6, 6.07) is 16.3. The van der Waals surface area contributed by atoms with Gasteiger partial charge >= 0.3 is 0 Å². The van der Waals surface area contributed by atoms with Crippen LogP contribution < -0.4 is 0 Å². The molecule has 0 saturated carbocycles. The van der Waals surface area contributed by atoms with Gasteiger partial charge in [0.15, 0.2) is 0 Å². The number of nitrogens with zero attached hydrogens (tertiary/aromatic N) is 2. The molecule has 3 nitrogen and oxygen atoms in total. The van der Waals surface area contributed by atoms with Gasteiger partial charge in [0.1, 0.15) is 5.67 Å². The first kappa shape index (κ1) is 18.6.